The lowest BCUT2D eigenvalue weighted by molar-refractivity contribution is 0.183. The molecule has 1 aromatic rings. The van der Waals surface area contributed by atoms with Crippen molar-refractivity contribution in [2.45, 2.75) is 26.4 Å². The van der Waals surface area contributed by atoms with Crippen LogP contribution in [0.25, 0.3) is 0 Å². The number of aliphatic hydroxyl groups excluding tert-OH is 1. The van der Waals surface area contributed by atoms with Crippen LogP contribution in [-0.2, 0) is 6.42 Å². The molecule has 1 atom stereocenters. The summed E-state index contributed by atoms with van der Waals surface area (Å²) in [6.45, 7) is 4.30. The van der Waals surface area contributed by atoms with E-state index in [1.165, 1.54) is 0 Å². The summed E-state index contributed by atoms with van der Waals surface area (Å²) in [5.41, 5.74) is 8.67. The van der Waals surface area contributed by atoms with Crippen molar-refractivity contribution in [1.82, 2.24) is 0 Å². The van der Waals surface area contributed by atoms with Crippen molar-refractivity contribution in [3.05, 3.63) is 28.8 Å². The molecule has 0 fully saturated rings. The molecule has 0 saturated heterocycles. The third-order valence-corrected chi connectivity index (χ3v) is 2.47. The first-order valence-corrected chi connectivity index (χ1v) is 5.10. The molecule has 15 heavy (non-hydrogen) atoms. The van der Waals surface area contributed by atoms with E-state index in [2.05, 4.69) is 0 Å². The molecular weight excluding hydrogens is 190 g/mol. The summed E-state index contributed by atoms with van der Waals surface area (Å²) in [6.07, 6.45) is 0.138. The number of rotatable bonds is 4. The first kappa shape index (κ1) is 12.0. The van der Waals surface area contributed by atoms with Gasteiger partial charge in [0.2, 0.25) is 0 Å². The van der Waals surface area contributed by atoms with Crippen LogP contribution in [0.3, 0.4) is 0 Å². The molecule has 1 rings (SSSR count). The van der Waals surface area contributed by atoms with E-state index in [0.717, 1.165) is 22.4 Å². The number of benzene rings is 1. The third kappa shape index (κ3) is 2.94. The molecule has 1 unspecified atom stereocenters. The molecule has 0 heterocycles. The molecule has 1 aromatic carbocycles. The number of methoxy groups -OCH3 is 1. The van der Waals surface area contributed by atoms with E-state index < -0.39 is 6.10 Å². The Kier molecular flexibility index (Phi) is 4.12. The van der Waals surface area contributed by atoms with Crippen molar-refractivity contribution in [3.8, 4) is 5.75 Å². The Morgan fingerprint density at radius 1 is 1.33 bits per heavy atom. The van der Waals surface area contributed by atoms with Gasteiger partial charge in [0.15, 0.2) is 0 Å². The molecule has 84 valence electrons. The van der Waals surface area contributed by atoms with E-state index >= 15 is 0 Å². The molecule has 0 amide bonds. The van der Waals surface area contributed by atoms with Crippen molar-refractivity contribution >= 4 is 0 Å². The minimum Gasteiger partial charge on any atom is -0.496 e. The van der Waals surface area contributed by atoms with Crippen LogP contribution >= 0.6 is 0 Å². The van der Waals surface area contributed by atoms with Crippen LogP contribution in [-0.4, -0.2) is 24.9 Å². The number of aliphatic hydroxyl groups is 1. The zero-order chi connectivity index (χ0) is 11.4. The van der Waals surface area contributed by atoms with Gasteiger partial charge >= 0.3 is 0 Å². The maximum absolute atomic E-state index is 9.46. The summed E-state index contributed by atoms with van der Waals surface area (Å²) in [5.74, 6) is 0.918. The lowest BCUT2D eigenvalue weighted by Gasteiger charge is -2.13. The topological polar surface area (TPSA) is 55.5 Å². The quantitative estimate of drug-likeness (QED) is 0.782. The summed E-state index contributed by atoms with van der Waals surface area (Å²) in [7, 11) is 1.67. The Hall–Kier alpha value is -1.06. The molecule has 0 saturated carbocycles. The van der Waals surface area contributed by atoms with E-state index in [1.54, 1.807) is 7.11 Å². The Balaban J connectivity index is 2.93. The normalized spacial score (nSPS) is 12.6. The molecule has 3 nitrogen and oxygen atoms in total. The zero-order valence-electron chi connectivity index (χ0n) is 9.58. The molecular formula is C12H19NO2. The van der Waals surface area contributed by atoms with Crippen LogP contribution in [0.15, 0.2) is 12.1 Å². The van der Waals surface area contributed by atoms with Gasteiger partial charge in [-0.2, -0.15) is 0 Å². The number of nitrogens with two attached hydrogens (primary N) is 1. The second-order valence-electron chi connectivity index (χ2n) is 3.86. The molecule has 0 spiro atoms. The maximum atomic E-state index is 9.46. The average Bonchev–Trinajstić information content (AvgIpc) is 2.17. The monoisotopic (exact) mass is 209 g/mol. The van der Waals surface area contributed by atoms with Gasteiger partial charge in [-0.15, -0.1) is 0 Å². The summed E-state index contributed by atoms with van der Waals surface area (Å²) in [4.78, 5) is 0. The highest BCUT2D eigenvalue weighted by Crippen LogP contribution is 2.24. The second kappa shape index (κ2) is 5.14. The molecule has 0 radical (unpaired) electrons. The van der Waals surface area contributed by atoms with Crippen molar-refractivity contribution in [2.24, 2.45) is 5.73 Å². The van der Waals surface area contributed by atoms with Gasteiger partial charge in [0.05, 0.1) is 13.2 Å². The first-order chi connectivity index (χ1) is 7.08. The van der Waals surface area contributed by atoms with Crippen LogP contribution in [0.2, 0.25) is 0 Å². The van der Waals surface area contributed by atoms with Crippen molar-refractivity contribution < 1.29 is 9.84 Å². The number of hydrogen-bond donors (Lipinski definition) is 2. The minimum atomic E-state index is -0.461. The Morgan fingerprint density at radius 2 is 1.87 bits per heavy atom. The highest BCUT2D eigenvalue weighted by molar-refractivity contribution is 5.43. The maximum Gasteiger partial charge on any atom is 0.124 e. The molecule has 0 aliphatic carbocycles. The van der Waals surface area contributed by atoms with Gasteiger partial charge in [0.1, 0.15) is 5.75 Å². The molecule has 0 bridgehead atoms. The fourth-order valence-corrected chi connectivity index (χ4v) is 1.84. The molecule has 0 aromatic heterocycles. The van der Waals surface area contributed by atoms with E-state index in [0.29, 0.717) is 13.0 Å². The van der Waals surface area contributed by atoms with Gasteiger partial charge in [-0.25, -0.2) is 0 Å². The summed E-state index contributed by atoms with van der Waals surface area (Å²) in [5, 5.41) is 9.46. The smallest absolute Gasteiger partial charge is 0.124 e. The van der Waals surface area contributed by atoms with Gasteiger partial charge in [0.25, 0.3) is 0 Å². The fourth-order valence-electron chi connectivity index (χ4n) is 1.84. The van der Waals surface area contributed by atoms with E-state index in [4.69, 9.17) is 10.5 Å². The number of ether oxygens (including phenoxy) is 1. The third-order valence-electron chi connectivity index (χ3n) is 2.47. The SMILES string of the molecule is COc1c(C)cc(CC(O)CN)cc1C. The summed E-state index contributed by atoms with van der Waals surface area (Å²) >= 11 is 0. The average molecular weight is 209 g/mol. The van der Waals surface area contributed by atoms with Crippen LogP contribution in [0.1, 0.15) is 16.7 Å². The highest BCUT2D eigenvalue weighted by atomic mass is 16.5. The lowest BCUT2D eigenvalue weighted by atomic mass is 10.0. The van der Waals surface area contributed by atoms with Gasteiger partial charge in [-0.05, 0) is 37.0 Å². The standard InChI is InChI=1S/C12H19NO2/c1-8-4-10(6-11(14)7-13)5-9(2)12(8)15-3/h4-5,11,14H,6-7,13H2,1-3H3. The summed E-state index contributed by atoms with van der Waals surface area (Å²) in [6, 6.07) is 4.06. The van der Waals surface area contributed by atoms with Crippen LogP contribution in [0, 0.1) is 13.8 Å². The van der Waals surface area contributed by atoms with Crippen LogP contribution in [0.4, 0.5) is 0 Å². The van der Waals surface area contributed by atoms with Crippen molar-refractivity contribution in [2.75, 3.05) is 13.7 Å². The Morgan fingerprint density at radius 3 is 2.27 bits per heavy atom. The Labute approximate surface area is 90.9 Å². The van der Waals surface area contributed by atoms with E-state index in [9.17, 15) is 5.11 Å². The molecule has 0 aliphatic rings. The van der Waals surface area contributed by atoms with E-state index in [-0.39, 0.29) is 0 Å². The zero-order valence-corrected chi connectivity index (χ0v) is 9.58. The van der Waals surface area contributed by atoms with Gasteiger partial charge in [-0.1, -0.05) is 12.1 Å². The predicted octanol–water partition coefficient (Wildman–Crippen LogP) is 1.17. The lowest BCUT2D eigenvalue weighted by Crippen LogP contribution is -2.22. The van der Waals surface area contributed by atoms with Crippen LogP contribution < -0.4 is 10.5 Å². The van der Waals surface area contributed by atoms with Crippen LogP contribution in [0.5, 0.6) is 5.75 Å². The first-order valence-electron chi connectivity index (χ1n) is 5.10. The molecule has 3 N–H and O–H groups in total. The largest absolute Gasteiger partial charge is 0.496 e. The Bertz CT molecular complexity index is 313. The minimum absolute atomic E-state index is 0.296. The van der Waals surface area contributed by atoms with Crippen molar-refractivity contribution in [3.63, 3.8) is 0 Å². The highest BCUT2D eigenvalue weighted by Gasteiger charge is 2.08. The fraction of sp³-hybridized carbons (Fsp3) is 0.500. The molecule has 0 aliphatic heterocycles. The van der Waals surface area contributed by atoms with Crippen molar-refractivity contribution in [1.29, 1.82) is 0 Å². The summed E-state index contributed by atoms with van der Waals surface area (Å²) < 4.78 is 5.27. The second-order valence-corrected chi connectivity index (χ2v) is 3.86. The van der Waals surface area contributed by atoms with Gasteiger partial charge in [-0.3, -0.25) is 0 Å². The van der Waals surface area contributed by atoms with Gasteiger partial charge < -0.3 is 15.6 Å². The number of aryl methyl sites for hydroxylation is 2. The number of hydrogen-bond acceptors (Lipinski definition) is 3. The molecule has 3 heteroatoms. The van der Waals surface area contributed by atoms with Gasteiger partial charge in [0, 0.05) is 6.54 Å². The predicted molar refractivity (Wildman–Crippen MR) is 61.2 cm³/mol. The van der Waals surface area contributed by atoms with E-state index in [1.807, 2.05) is 26.0 Å².